The minimum atomic E-state index is -0.812. The first kappa shape index (κ1) is 24.1. The molecule has 35 heavy (non-hydrogen) atoms. The second-order valence-electron chi connectivity index (χ2n) is 8.34. The summed E-state index contributed by atoms with van der Waals surface area (Å²) in [5, 5.41) is 11.3. The highest BCUT2D eigenvalue weighted by Crippen LogP contribution is 2.43. The fourth-order valence-electron chi connectivity index (χ4n) is 4.19. The molecule has 6 heteroatoms. The van der Waals surface area contributed by atoms with E-state index in [1.165, 1.54) is 4.90 Å². The quantitative estimate of drug-likeness (QED) is 0.260. The van der Waals surface area contributed by atoms with E-state index in [0.717, 1.165) is 18.4 Å². The van der Waals surface area contributed by atoms with Crippen LogP contribution in [0.2, 0.25) is 0 Å². The van der Waals surface area contributed by atoms with Crippen molar-refractivity contribution in [3.8, 4) is 11.5 Å². The van der Waals surface area contributed by atoms with Gasteiger partial charge < -0.3 is 14.6 Å². The van der Waals surface area contributed by atoms with Gasteiger partial charge in [0.05, 0.1) is 25.3 Å². The molecule has 0 radical (unpaired) electrons. The Morgan fingerprint density at radius 1 is 0.943 bits per heavy atom. The molecule has 1 N–H and O–H groups in total. The summed E-state index contributed by atoms with van der Waals surface area (Å²) in [6.07, 6.45) is 1.74. The molecular weight excluding hydrogens is 442 g/mol. The van der Waals surface area contributed by atoms with E-state index in [-0.39, 0.29) is 11.3 Å². The fourth-order valence-corrected chi connectivity index (χ4v) is 4.19. The Balaban J connectivity index is 1.86. The lowest BCUT2D eigenvalue weighted by Crippen LogP contribution is -2.29. The molecule has 1 aliphatic heterocycles. The van der Waals surface area contributed by atoms with Crippen LogP contribution in [-0.2, 0) is 16.0 Å². The molecule has 0 spiro atoms. The van der Waals surface area contributed by atoms with Crippen LogP contribution < -0.4 is 14.4 Å². The van der Waals surface area contributed by atoms with Gasteiger partial charge >= 0.3 is 0 Å². The summed E-state index contributed by atoms with van der Waals surface area (Å²) in [6, 6.07) is 20.8. The van der Waals surface area contributed by atoms with Crippen molar-refractivity contribution in [3.05, 3.63) is 95.1 Å². The Kier molecular flexibility index (Phi) is 7.20. The molecule has 1 saturated heterocycles. The third kappa shape index (κ3) is 4.78. The molecule has 3 aromatic rings. The van der Waals surface area contributed by atoms with Crippen LogP contribution in [0.4, 0.5) is 5.69 Å². The summed E-state index contributed by atoms with van der Waals surface area (Å²) >= 11 is 0. The van der Waals surface area contributed by atoms with Gasteiger partial charge in [0.2, 0.25) is 0 Å². The first-order chi connectivity index (χ1) is 17.0. The molecule has 1 aliphatic rings. The zero-order valence-electron chi connectivity index (χ0n) is 20.2. The first-order valence-corrected chi connectivity index (χ1v) is 11.8. The Morgan fingerprint density at radius 3 is 2.29 bits per heavy atom. The van der Waals surface area contributed by atoms with Crippen LogP contribution in [0.15, 0.2) is 78.4 Å². The predicted molar refractivity (Wildman–Crippen MR) is 136 cm³/mol. The number of ether oxygens (including phenoxy) is 2. The lowest BCUT2D eigenvalue weighted by Gasteiger charge is -2.26. The summed E-state index contributed by atoms with van der Waals surface area (Å²) < 4.78 is 11.0. The van der Waals surface area contributed by atoms with Gasteiger partial charge in [0.1, 0.15) is 17.3 Å². The second-order valence-corrected chi connectivity index (χ2v) is 8.34. The van der Waals surface area contributed by atoms with Crippen molar-refractivity contribution in [3.63, 3.8) is 0 Å². The molecule has 0 aromatic heterocycles. The minimum Gasteiger partial charge on any atom is -0.507 e. The van der Waals surface area contributed by atoms with Gasteiger partial charge in [0.15, 0.2) is 0 Å². The molecule has 4 rings (SSSR count). The summed E-state index contributed by atoms with van der Waals surface area (Å²) in [5.74, 6) is -0.388. The number of hydrogen-bond donors (Lipinski definition) is 1. The highest BCUT2D eigenvalue weighted by atomic mass is 16.5. The minimum absolute atomic E-state index is 0.0456. The fraction of sp³-hybridized carbons (Fsp3) is 0.241. The maximum Gasteiger partial charge on any atom is 0.300 e. The Hall–Kier alpha value is -4.06. The molecule has 1 unspecified atom stereocenters. The summed E-state index contributed by atoms with van der Waals surface area (Å²) in [5.41, 5.74) is 2.83. The molecule has 1 atom stereocenters. The van der Waals surface area contributed by atoms with Crippen LogP contribution in [0.1, 0.15) is 43.0 Å². The Morgan fingerprint density at radius 2 is 1.66 bits per heavy atom. The van der Waals surface area contributed by atoms with Crippen molar-refractivity contribution in [1.29, 1.82) is 0 Å². The molecule has 0 bridgehead atoms. The van der Waals surface area contributed by atoms with Gasteiger partial charge in [-0.2, -0.15) is 0 Å². The number of aliphatic hydroxyl groups is 1. The largest absolute Gasteiger partial charge is 0.507 e. The topological polar surface area (TPSA) is 76.1 Å². The number of anilines is 1. The SMILES string of the molecule is CCCOc1ccc(C2/C(=C(\O)c3ccc(CC)cc3)C(=O)C(=O)N2c2cccc(OC)c2)cc1. The summed E-state index contributed by atoms with van der Waals surface area (Å²) in [6.45, 7) is 4.67. The number of aryl methyl sites for hydroxylation is 1. The van der Waals surface area contributed by atoms with Gasteiger partial charge in [-0.05, 0) is 48.2 Å². The van der Waals surface area contributed by atoms with Crippen molar-refractivity contribution < 1.29 is 24.2 Å². The number of carbonyl (C=O) groups is 2. The third-order valence-electron chi connectivity index (χ3n) is 6.08. The van der Waals surface area contributed by atoms with Gasteiger partial charge in [-0.1, -0.05) is 56.3 Å². The van der Waals surface area contributed by atoms with Crippen LogP contribution in [0.5, 0.6) is 11.5 Å². The number of carbonyl (C=O) groups excluding carboxylic acids is 2. The van der Waals surface area contributed by atoms with Crippen LogP contribution in [0.25, 0.3) is 5.76 Å². The number of ketones is 1. The number of methoxy groups -OCH3 is 1. The van der Waals surface area contributed by atoms with E-state index < -0.39 is 17.7 Å². The molecule has 1 amide bonds. The average molecular weight is 472 g/mol. The maximum absolute atomic E-state index is 13.3. The van der Waals surface area contributed by atoms with Crippen molar-refractivity contribution >= 4 is 23.1 Å². The summed E-state index contributed by atoms with van der Waals surface area (Å²) in [7, 11) is 1.54. The van der Waals surface area contributed by atoms with E-state index in [1.807, 2.05) is 50.2 Å². The highest BCUT2D eigenvalue weighted by Gasteiger charge is 2.47. The van der Waals surface area contributed by atoms with E-state index in [0.29, 0.717) is 34.9 Å². The van der Waals surface area contributed by atoms with E-state index in [1.54, 1.807) is 43.5 Å². The first-order valence-electron chi connectivity index (χ1n) is 11.8. The standard InChI is InChI=1S/C29H29NO5/c1-4-17-35-23-15-13-20(14-16-23)26-25(27(31)21-11-9-19(5-2)10-12-21)28(32)29(33)30(26)22-7-6-8-24(18-22)34-3/h6-16,18,26,31H,4-5,17H2,1-3H3/b27-25+. The zero-order chi connectivity index (χ0) is 24.9. The number of benzene rings is 3. The van der Waals surface area contributed by atoms with Crippen molar-refractivity contribution in [2.45, 2.75) is 32.7 Å². The summed E-state index contributed by atoms with van der Waals surface area (Å²) in [4.78, 5) is 28.0. The number of amides is 1. The van der Waals surface area contributed by atoms with Crippen molar-refractivity contribution in [1.82, 2.24) is 0 Å². The molecule has 1 fully saturated rings. The maximum atomic E-state index is 13.3. The van der Waals surface area contributed by atoms with Gasteiger partial charge in [-0.15, -0.1) is 0 Å². The van der Waals surface area contributed by atoms with Crippen molar-refractivity contribution in [2.24, 2.45) is 0 Å². The number of hydrogen-bond acceptors (Lipinski definition) is 5. The van der Waals surface area contributed by atoms with Crippen molar-refractivity contribution in [2.75, 3.05) is 18.6 Å². The Bertz CT molecular complexity index is 1240. The van der Waals surface area contributed by atoms with E-state index in [9.17, 15) is 14.7 Å². The number of rotatable bonds is 8. The average Bonchev–Trinajstić information content (AvgIpc) is 3.17. The molecule has 0 saturated carbocycles. The lowest BCUT2D eigenvalue weighted by molar-refractivity contribution is -0.132. The highest BCUT2D eigenvalue weighted by molar-refractivity contribution is 6.51. The van der Waals surface area contributed by atoms with E-state index >= 15 is 0 Å². The number of Topliss-reactive ketones (excluding diaryl/α,β-unsaturated/α-hetero) is 1. The molecule has 6 nitrogen and oxygen atoms in total. The van der Waals surface area contributed by atoms with Gasteiger partial charge in [0, 0.05) is 17.3 Å². The van der Waals surface area contributed by atoms with Crippen LogP contribution >= 0.6 is 0 Å². The van der Waals surface area contributed by atoms with Crippen LogP contribution in [0.3, 0.4) is 0 Å². The normalized spacial score (nSPS) is 17.0. The Labute approximate surface area is 205 Å². The number of nitrogens with zero attached hydrogens (tertiary/aromatic N) is 1. The van der Waals surface area contributed by atoms with Gasteiger partial charge in [-0.25, -0.2) is 0 Å². The molecule has 3 aromatic carbocycles. The number of aliphatic hydroxyl groups excluding tert-OH is 1. The lowest BCUT2D eigenvalue weighted by atomic mass is 9.94. The second kappa shape index (κ2) is 10.5. The smallest absolute Gasteiger partial charge is 0.300 e. The van der Waals surface area contributed by atoms with Gasteiger partial charge in [-0.3, -0.25) is 14.5 Å². The van der Waals surface area contributed by atoms with E-state index in [2.05, 4.69) is 0 Å². The van der Waals surface area contributed by atoms with Gasteiger partial charge in [0.25, 0.3) is 11.7 Å². The predicted octanol–water partition coefficient (Wildman–Crippen LogP) is 5.67. The third-order valence-corrected chi connectivity index (χ3v) is 6.08. The van der Waals surface area contributed by atoms with Crippen LogP contribution in [-0.4, -0.2) is 30.5 Å². The van der Waals surface area contributed by atoms with Crippen LogP contribution in [0, 0.1) is 0 Å². The zero-order valence-corrected chi connectivity index (χ0v) is 20.2. The monoisotopic (exact) mass is 471 g/mol. The molecule has 180 valence electrons. The molecular formula is C29H29NO5. The van der Waals surface area contributed by atoms with E-state index in [4.69, 9.17) is 9.47 Å². The molecule has 0 aliphatic carbocycles. The molecule has 1 heterocycles.